The van der Waals surface area contributed by atoms with E-state index in [1.165, 1.54) is 17.7 Å². The molecule has 1 aliphatic carbocycles. The first kappa shape index (κ1) is 10.8. The zero-order chi connectivity index (χ0) is 10.7. The van der Waals surface area contributed by atoms with Crippen LogP contribution in [0.4, 0.5) is 0 Å². The molecule has 2 N–H and O–H groups in total. The van der Waals surface area contributed by atoms with Crippen molar-refractivity contribution >= 4 is 11.8 Å². The third-order valence-electron chi connectivity index (χ3n) is 2.79. The third-order valence-corrected chi connectivity index (χ3v) is 4.09. The Balaban J connectivity index is 1.93. The summed E-state index contributed by atoms with van der Waals surface area (Å²) in [7, 11) is 1.69. The van der Waals surface area contributed by atoms with E-state index in [2.05, 4.69) is 12.1 Å². The van der Waals surface area contributed by atoms with Crippen LogP contribution in [-0.2, 0) is 0 Å². The highest BCUT2D eigenvalue weighted by Crippen LogP contribution is 2.34. The van der Waals surface area contributed by atoms with E-state index in [1.807, 2.05) is 23.9 Å². The Morgan fingerprint density at radius 3 is 2.53 bits per heavy atom. The second kappa shape index (κ2) is 4.90. The summed E-state index contributed by atoms with van der Waals surface area (Å²) in [6.07, 6.45) is 3.57. The van der Waals surface area contributed by atoms with Gasteiger partial charge in [0.1, 0.15) is 5.75 Å². The number of benzene rings is 1. The number of hydrogen-bond donors (Lipinski definition) is 1. The number of methoxy groups -OCH3 is 1. The van der Waals surface area contributed by atoms with Gasteiger partial charge < -0.3 is 10.5 Å². The van der Waals surface area contributed by atoms with Crippen molar-refractivity contribution in [1.82, 2.24) is 0 Å². The second-order valence-electron chi connectivity index (χ2n) is 3.99. The van der Waals surface area contributed by atoms with Gasteiger partial charge in [-0.15, -0.1) is 11.8 Å². The molecule has 15 heavy (non-hydrogen) atoms. The Bertz CT molecular complexity index is 312. The zero-order valence-electron chi connectivity index (χ0n) is 8.98. The van der Waals surface area contributed by atoms with Gasteiger partial charge in [0, 0.05) is 16.2 Å². The number of rotatable bonds is 3. The van der Waals surface area contributed by atoms with Crippen LogP contribution < -0.4 is 10.5 Å². The SMILES string of the molecule is COc1ccc(SC2CCC(N)C2)cc1. The predicted molar refractivity (Wildman–Crippen MR) is 64.5 cm³/mol. The summed E-state index contributed by atoms with van der Waals surface area (Å²) in [5, 5.41) is 0.702. The van der Waals surface area contributed by atoms with Crippen LogP contribution in [0.5, 0.6) is 5.75 Å². The van der Waals surface area contributed by atoms with Crippen LogP contribution in [0.15, 0.2) is 29.2 Å². The molecule has 2 nitrogen and oxygen atoms in total. The summed E-state index contributed by atoms with van der Waals surface area (Å²) in [6.45, 7) is 0. The average molecular weight is 223 g/mol. The van der Waals surface area contributed by atoms with Crippen molar-refractivity contribution in [1.29, 1.82) is 0 Å². The Morgan fingerprint density at radius 2 is 2.00 bits per heavy atom. The molecule has 3 heteroatoms. The molecule has 0 saturated heterocycles. The molecule has 1 aromatic rings. The fraction of sp³-hybridized carbons (Fsp3) is 0.500. The van der Waals surface area contributed by atoms with E-state index in [0.29, 0.717) is 11.3 Å². The maximum Gasteiger partial charge on any atom is 0.118 e. The van der Waals surface area contributed by atoms with Gasteiger partial charge in [0.25, 0.3) is 0 Å². The van der Waals surface area contributed by atoms with Crippen molar-refractivity contribution in [2.45, 2.75) is 35.4 Å². The van der Waals surface area contributed by atoms with E-state index in [0.717, 1.165) is 12.2 Å². The van der Waals surface area contributed by atoms with Gasteiger partial charge in [-0.05, 0) is 43.5 Å². The van der Waals surface area contributed by atoms with Gasteiger partial charge in [0.2, 0.25) is 0 Å². The minimum Gasteiger partial charge on any atom is -0.497 e. The maximum absolute atomic E-state index is 5.89. The molecule has 0 bridgehead atoms. The number of ether oxygens (including phenoxy) is 1. The van der Waals surface area contributed by atoms with Gasteiger partial charge in [-0.3, -0.25) is 0 Å². The molecule has 0 aromatic heterocycles. The molecule has 2 unspecified atom stereocenters. The third kappa shape index (κ3) is 2.89. The molecule has 2 atom stereocenters. The quantitative estimate of drug-likeness (QED) is 0.855. The lowest BCUT2D eigenvalue weighted by molar-refractivity contribution is 0.414. The van der Waals surface area contributed by atoms with Crippen molar-refractivity contribution in [3.8, 4) is 5.75 Å². The summed E-state index contributed by atoms with van der Waals surface area (Å²) in [6, 6.07) is 8.68. The molecule has 0 radical (unpaired) electrons. The number of nitrogens with two attached hydrogens (primary N) is 1. The van der Waals surface area contributed by atoms with Crippen molar-refractivity contribution in [3.05, 3.63) is 24.3 Å². The first-order chi connectivity index (χ1) is 7.28. The van der Waals surface area contributed by atoms with Gasteiger partial charge >= 0.3 is 0 Å². The van der Waals surface area contributed by atoms with Gasteiger partial charge in [0.05, 0.1) is 7.11 Å². The normalized spacial score (nSPS) is 25.5. The van der Waals surface area contributed by atoms with Crippen molar-refractivity contribution in [2.75, 3.05) is 7.11 Å². The predicted octanol–water partition coefficient (Wildman–Crippen LogP) is 2.67. The van der Waals surface area contributed by atoms with Crippen LogP contribution in [-0.4, -0.2) is 18.4 Å². The van der Waals surface area contributed by atoms with Crippen LogP contribution >= 0.6 is 11.8 Å². The molecular formula is C12H17NOS. The monoisotopic (exact) mass is 223 g/mol. The lowest BCUT2D eigenvalue weighted by Crippen LogP contribution is -2.15. The summed E-state index contributed by atoms with van der Waals surface area (Å²) in [4.78, 5) is 1.31. The molecule has 2 rings (SSSR count). The van der Waals surface area contributed by atoms with Crippen molar-refractivity contribution in [3.63, 3.8) is 0 Å². The number of thioether (sulfide) groups is 1. The highest BCUT2D eigenvalue weighted by molar-refractivity contribution is 8.00. The molecule has 1 aliphatic rings. The van der Waals surface area contributed by atoms with Crippen molar-refractivity contribution < 1.29 is 4.74 Å². The molecule has 0 aliphatic heterocycles. The van der Waals surface area contributed by atoms with Gasteiger partial charge in [0.15, 0.2) is 0 Å². The smallest absolute Gasteiger partial charge is 0.118 e. The van der Waals surface area contributed by atoms with E-state index >= 15 is 0 Å². The molecule has 0 amide bonds. The zero-order valence-corrected chi connectivity index (χ0v) is 9.80. The van der Waals surface area contributed by atoms with Crippen LogP contribution in [0.3, 0.4) is 0 Å². The molecule has 1 saturated carbocycles. The topological polar surface area (TPSA) is 35.2 Å². The van der Waals surface area contributed by atoms with Crippen LogP contribution in [0, 0.1) is 0 Å². The fourth-order valence-electron chi connectivity index (χ4n) is 1.93. The minimum absolute atomic E-state index is 0.417. The minimum atomic E-state index is 0.417. The molecule has 0 heterocycles. The summed E-state index contributed by atoms with van der Waals surface area (Å²) in [5.41, 5.74) is 5.89. The summed E-state index contributed by atoms with van der Waals surface area (Å²) < 4.78 is 5.13. The highest BCUT2D eigenvalue weighted by Gasteiger charge is 2.22. The highest BCUT2D eigenvalue weighted by atomic mass is 32.2. The summed E-state index contributed by atoms with van der Waals surface area (Å²) >= 11 is 1.94. The van der Waals surface area contributed by atoms with E-state index in [1.54, 1.807) is 7.11 Å². The van der Waals surface area contributed by atoms with Crippen molar-refractivity contribution in [2.24, 2.45) is 5.73 Å². The lowest BCUT2D eigenvalue weighted by Gasteiger charge is -2.09. The summed E-state index contributed by atoms with van der Waals surface area (Å²) in [5.74, 6) is 0.919. The largest absolute Gasteiger partial charge is 0.497 e. The Hall–Kier alpha value is -0.670. The first-order valence-electron chi connectivity index (χ1n) is 5.34. The Kier molecular flexibility index (Phi) is 3.54. The van der Waals surface area contributed by atoms with Crippen LogP contribution in [0.1, 0.15) is 19.3 Å². The standard InChI is InChI=1S/C12H17NOS/c1-14-10-3-6-11(7-4-10)15-12-5-2-9(13)8-12/h3-4,6-7,9,12H,2,5,8,13H2,1H3. The Morgan fingerprint density at radius 1 is 1.27 bits per heavy atom. The fourth-order valence-corrected chi connectivity index (χ4v) is 3.20. The molecule has 0 spiro atoms. The molecular weight excluding hydrogens is 206 g/mol. The second-order valence-corrected chi connectivity index (χ2v) is 5.36. The van der Waals surface area contributed by atoms with Crippen LogP contribution in [0.25, 0.3) is 0 Å². The van der Waals surface area contributed by atoms with Gasteiger partial charge in [-0.2, -0.15) is 0 Å². The van der Waals surface area contributed by atoms with E-state index in [4.69, 9.17) is 10.5 Å². The van der Waals surface area contributed by atoms with Crippen LogP contribution in [0.2, 0.25) is 0 Å². The maximum atomic E-state index is 5.89. The number of hydrogen-bond acceptors (Lipinski definition) is 3. The Labute approximate surface area is 95.2 Å². The first-order valence-corrected chi connectivity index (χ1v) is 6.22. The van der Waals surface area contributed by atoms with E-state index in [9.17, 15) is 0 Å². The average Bonchev–Trinajstić information content (AvgIpc) is 2.65. The van der Waals surface area contributed by atoms with E-state index < -0.39 is 0 Å². The molecule has 82 valence electrons. The lowest BCUT2D eigenvalue weighted by atomic mass is 10.3. The van der Waals surface area contributed by atoms with Gasteiger partial charge in [-0.25, -0.2) is 0 Å². The van der Waals surface area contributed by atoms with Gasteiger partial charge in [-0.1, -0.05) is 0 Å². The molecule has 1 aromatic carbocycles. The van der Waals surface area contributed by atoms with E-state index in [-0.39, 0.29) is 0 Å². The molecule has 1 fully saturated rings.